The zero-order valence-corrected chi connectivity index (χ0v) is 18.5. The highest BCUT2D eigenvalue weighted by Gasteiger charge is 2.33. The second-order valence-corrected chi connectivity index (χ2v) is 10.2. The second-order valence-electron chi connectivity index (χ2n) is 7.29. The van der Waals surface area contributed by atoms with Crippen LogP contribution < -0.4 is 14.4 Å². The number of rotatable bonds is 7. The predicted octanol–water partition coefficient (Wildman–Crippen LogP) is 2.41. The van der Waals surface area contributed by atoms with Crippen LogP contribution in [0.4, 0.5) is 5.69 Å². The molecule has 9 heteroatoms. The molecular formula is C20H27N3O4S2. The van der Waals surface area contributed by atoms with E-state index < -0.39 is 16.1 Å². The minimum Gasteiger partial charge on any atom is -0.497 e. The van der Waals surface area contributed by atoms with Crippen molar-refractivity contribution in [2.24, 2.45) is 5.92 Å². The van der Waals surface area contributed by atoms with Crippen molar-refractivity contribution in [3.05, 3.63) is 41.8 Å². The number of anilines is 1. The van der Waals surface area contributed by atoms with Crippen LogP contribution in [0.5, 0.6) is 5.75 Å². The Hall–Kier alpha value is -2.10. The average molecular weight is 438 g/mol. The van der Waals surface area contributed by atoms with Gasteiger partial charge in [-0.05, 0) is 41.6 Å². The summed E-state index contributed by atoms with van der Waals surface area (Å²) in [5.41, 5.74) is 1.08. The molecule has 1 aliphatic heterocycles. The molecule has 0 spiro atoms. The van der Waals surface area contributed by atoms with Crippen LogP contribution in [0.3, 0.4) is 0 Å². The van der Waals surface area contributed by atoms with Crippen LogP contribution in [-0.4, -0.2) is 58.6 Å². The summed E-state index contributed by atoms with van der Waals surface area (Å²) >= 11 is 1.14. The van der Waals surface area contributed by atoms with Crippen molar-refractivity contribution in [2.75, 3.05) is 38.2 Å². The maximum Gasteiger partial charge on any atom is 0.250 e. The highest BCUT2D eigenvalue weighted by atomic mass is 32.2. The zero-order chi connectivity index (χ0) is 21.0. The number of amides is 1. The number of hydrogen-bond acceptors (Lipinski definition) is 6. The molecule has 7 nitrogen and oxygen atoms in total. The standard InChI is InChI=1S/C20H27N3O4S2/c1-15(2)19(21-29(25,26)18-5-4-14-28-18)20(24)23-12-10-22(11-13-23)16-6-8-17(27-3)9-7-16/h4-9,14-15,19,21H,10-13H2,1-3H3. The fourth-order valence-electron chi connectivity index (χ4n) is 3.29. The van der Waals surface area contributed by atoms with Gasteiger partial charge >= 0.3 is 0 Å². The maximum absolute atomic E-state index is 13.1. The van der Waals surface area contributed by atoms with Crippen molar-refractivity contribution < 1.29 is 17.9 Å². The number of carbonyl (C=O) groups excluding carboxylic acids is 1. The summed E-state index contributed by atoms with van der Waals surface area (Å²) in [6.07, 6.45) is 0. The number of nitrogens with zero attached hydrogens (tertiary/aromatic N) is 2. The molecule has 29 heavy (non-hydrogen) atoms. The normalized spacial score (nSPS) is 16.1. The summed E-state index contributed by atoms with van der Waals surface area (Å²) in [5, 5.41) is 1.71. The first-order valence-corrected chi connectivity index (χ1v) is 11.9. The van der Waals surface area contributed by atoms with Gasteiger partial charge < -0.3 is 14.5 Å². The van der Waals surface area contributed by atoms with Crippen LogP contribution in [0, 0.1) is 5.92 Å². The van der Waals surface area contributed by atoms with Gasteiger partial charge in [-0.25, -0.2) is 8.42 Å². The molecule has 1 atom stereocenters. The summed E-state index contributed by atoms with van der Waals surface area (Å²) in [6, 6.07) is 10.3. The highest BCUT2D eigenvalue weighted by molar-refractivity contribution is 7.91. The Labute approximate surface area is 176 Å². The Morgan fingerprint density at radius 2 is 1.76 bits per heavy atom. The van der Waals surface area contributed by atoms with Crippen LogP contribution >= 0.6 is 11.3 Å². The van der Waals surface area contributed by atoms with Gasteiger partial charge in [0.05, 0.1) is 7.11 Å². The molecule has 0 bridgehead atoms. The third kappa shape index (κ3) is 5.09. The first-order chi connectivity index (χ1) is 13.8. The first-order valence-electron chi connectivity index (χ1n) is 9.55. The van der Waals surface area contributed by atoms with Gasteiger partial charge in [-0.15, -0.1) is 11.3 Å². The van der Waals surface area contributed by atoms with Gasteiger partial charge in [0.1, 0.15) is 16.0 Å². The monoisotopic (exact) mass is 437 g/mol. The van der Waals surface area contributed by atoms with E-state index in [1.807, 2.05) is 38.1 Å². The topological polar surface area (TPSA) is 79.0 Å². The molecule has 0 saturated carbocycles. The number of hydrogen-bond donors (Lipinski definition) is 1. The summed E-state index contributed by atoms with van der Waals surface area (Å²) in [7, 11) is -2.07. The van der Waals surface area contributed by atoms with Gasteiger partial charge in [0.2, 0.25) is 5.91 Å². The molecule has 1 aromatic carbocycles. The van der Waals surface area contributed by atoms with Gasteiger partial charge in [-0.2, -0.15) is 4.72 Å². The van der Waals surface area contributed by atoms with E-state index in [9.17, 15) is 13.2 Å². The maximum atomic E-state index is 13.1. The molecule has 1 unspecified atom stereocenters. The Balaban J connectivity index is 1.64. The number of thiophene rings is 1. The van der Waals surface area contributed by atoms with E-state index in [0.717, 1.165) is 22.8 Å². The SMILES string of the molecule is COc1ccc(N2CCN(C(=O)C(NS(=O)(=O)c3cccs3)C(C)C)CC2)cc1. The van der Waals surface area contributed by atoms with Gasteiger partial charge in [0.15, 0.2) is 0 Å². The van der Waals surface area contributed by atoms with Gasteiger partial charge in [0.25, 0.3) is 10.0 Å². The summed E-state index contributed by atoms with van der Waals surface area (Å²) in [4.78, 5) is 17.0. The third-order valence-corrected chi connectivity index (χ3v) is 7.84. The minimum atomic E-state index is -3.71. The Bertz CT molecular complexity index is 904. The molecule has 1 N–H and O–H groups in total. The van der Waals surface area contributed by atoms with E-state index >= 15 is 0 Å². The van der Waals surface area contributed by atoms with Crippen molar-refractivity contribution in [1.29, 1.82) is 0 Å². The number of nitrogens with one attached hydrogen (secondary N) is 1. The number of piperazine rings is 1. The largest absolute Gasteiger partial charge is 0.497 e. The van der Waals surface area contributed by atoms with E-state index in [4.69, 9.17) is 4.74 Å². The van der Waals surface area contributed by atoms with Crippen molar-refractivity contribution in [2.45, 2.75) is 24.1 Å². The van der Waals surface area contributed by atoms with Crippen LogP contribution in [0.1, 0.15) is 13.8 Å². The summed E-state index contributed by atoms with van der Waals surface area (Å²) in [5.74, 6) is 0.478. The minimum absolute atomic E-state index is 0.156. The lowest BCUT2D eigenvalue weighted by atomic mass is 10.0. The molecule has 2 heterocycles. The number of methoxy groups -OCH3 is 1. The molecule has 1 amide bonds. The van der Waals surface area contributed by atoms with Crippen LogP contribution in [0.15, 0.2) is 46.0 Å². The van der Waals surface area contributed by atoms with Crippen molar-refractivity contribution >= 4 is 33.0 Å². The van der Waals surface area contributed by atoms with Crippen LogP contribution in [-0.2, 0) is 14.8 Å². The Kier molecular flexibility index (Phi) is 6.81. The molecule has 0 radical (unpaired) electrons. The predicted molar refractivity (Wildman–Crippen MR) is 115 cm³/mol. The zero-order valence-electron chi connectivity index (χ0n) is 16.9. The van der Waals surface area contributed by atoms with Crippen molar-refractivity contribution in [1.82, 2.24) is 9.62 Å². The number of sulfonamides is 1. The van der Waals surface area contributed by atoms with E-state index in [2.05, 4.69) is 9.62 Å². The Morgan fingerprint density at radius 1 is 1.10 bits per heavy atom. The quantitative estimate of drug-likeness (QED) is 0.720. The Morgan fingerprint density at radius 3 is 2.28 bits per heavy atom. The lowest BCUT2D eigenvalue weighted by Crippen LogP contribution is -2.56. The van der Waals surface area contributed by atoms with E-state index in [1.165, 1.54) is 0 Å². The number of ether oxygens (including phenoxy) is 1. The number of carbonyl (C=O) groups is 1. The van der Waals surface area contributed by atoms with E-state index in [-0.39, 0.29) is 16.0 Å². The van der Waals surface area contributed by atoms with Crippen LogP contribution in [0.2, 0.25) is 0 Å². The molecule has 2 aromatic rings. The first kappa shape index (κ1) is 21.6. The van der Waals surface area contributed by atoms with Crippen LogP contribution in [0.25, 0.3) is 0 Å². The van der Waals surface area contributed by atoms with Gasteiger partial charge in [-0.1, -0.05) is 19.9 Å². The molecular weight excluding hydrogens is 410 g/mol. The fourth-order valence-corrected chi connectivity index (χ4v) is 5.64. The molecule has 1 aromatic heterocycles. The number of benzene rings is 1. The van der Waals surface area contributed by atoms with Gasteiger partial charge in [-0.3, -0.25) is 4.79 Å². The smallest absolute Gasteiger partial charge is 0.250 e. The molecule has 1 fully saturated rings. The average Bonchev–Trinajstić information content (AvgIpc) is 3.28. The van der Waals surface area contributed by atoms with E-state index in [1.54, 1.807) is 29.5 Å². The summed E-state index contributed by atoms with van der Waals surface area (Å²) in [6.45, 7) is 6.20. The van der Waals surface area contributed by atoms with E-state index in [0.29, 0.717) is 26.2 Å². The highest BCUT2D eigenvalue weighted by Crippen LogP contribution is 2.22. The molecule has 3 rings (SSSR count). The fraction of sp³-hybridized carbons (Fsp3) is 0.450. The molecule has 1 saturated heterocycles. The lowest BCUT2D eigenvalue weighted by molar-refractivity contribution is -0.134. The third-order valence-electron chi connectivity index (χ3n) is 5.00. The molecule has 0 aliphatic carbocycles. The lowest BCUT2D eigenvalue weighted by Gasteiger charge is -2.38. The molecule has 158 valence electrons. The summed E-state index contributed by atoms with van der Waals surface area (Å²) < 4.78 is 33.2. The van der Waals surface area contributed by atoms with Gasteiger partial charge in [0, 0.05) is 31.9 Å². The van der Waals surface area contributed by atoms with Crippen molar-refractivity contribution in [3.63, 3.8) is 0 Å². The second kappa shape index (κ2) is 9.15. The molecule has 1 aliphatic rings. The van der Waals surface area contributed by atoms with Crippen molar-refractivity contribution in [3.8, 4) is 5.75 Å².